The lowest BCUT2D eigenvalue weighted by Crippen LogP contribution is -2.47. The van der Waals surface area contributed by atoms with Gasteiger partial charge >= 0.3 is 6.09 Å². The first-order chi connectivity index (χ1) is 7.29. The van der Waals surface area contributed by atoms with E-state index in [0.29, 0.717) is 12.3 Å². The van der Waals surface area contributed by atoms with Crippen molar-refractivity contribution in [1.29, 1.82) is 0 Å². The molecule has 16 heavy (non-hydrogen) atoms. The number of primary amides is 1. The van der Waals surface area contributed by atoms with E-state index in [0.717, 1.165) is 6.42 Å². The molecular weight excluding hydrogens is 208 g/mol. The fraction of sp³-hybridized carbons (Fsp3) is 0.818. The van der Waals surface area contributed by atoms with Gasteiger partial charge in [0.25, 0.3) is 0 Å². The van der Waals surface area contributed by atoms with Gasteiger partial charge in [0.1, 0.15) is 11.6 Å². The molecule has 0 aromatic rings. The number of piperidine rings is 1. The molecule has 2 N–H and O–H groups in total. The minimum absolute atomic E-state index is 0.173. The summed E-state index contributed by atoms with van der Waals surface area (Å²) in [5.74, 6) is 0.0167. The Kier molecular flexibility index (Phi) is 2.36. The number of carbonyl (C=O) groups excluding carboxylic acids is 2. The van der Waals surface area contributed by atoms with Crippen molar-refractivity contribution in [2.45, 2.75) is 51.3 Å². The maximum absolute atomic E-state index is 11.9. The zero-order chi connectivity index (χ0) is 12.1. The summed E-state index contributed by atoms with van der Waals surface area (Å²) in [7, 11) is 0. The molecule has 0 aromatic heterocycles. The zero-order valence-electron chi connectivity index (χ0n) is 9.90. The van der Waals surface area contributed by atoms with Gasteiger partial charge in [-0.15, -0.1) is 0 Å². The van der Waals surface area contributed by atoms with Crippen LogP contribution in [0.5, 0.6) is 0 Å². The average molecular weight is 226 g/mol. The molecule has 0 bridgehead atoms. The molecule has 0 aromatic carbocycles. The maximum atomic E-state index is 11.9. The molecule has 90 valence electrons. The molecule has 2 aliphatic rings. The molecule has 0 unspecified atom stereocenters. The minimum Gasteiger partial charge on any atom is -0.444 e. The minimum atomic E-state index is -0.535. The Morgan fingerprint density at radius 3 is 2.44 bits per heavy atom. The number of amides is 2. The van der Waals surface area contributed by atoms with Crippen molar-refractivity contribution in [3.8, 4) is 0 Å². The first-order valence-electron chi connectivity index (χ1n) is 5.60. The largest absolute Gasteiger partial charge is 0.444 e. The van der Waals surface area contributed by atoms with Crippen molar-refractivity contribution < 1.29 is 14.3 Å². The second-order valence-electron chi connectivity index (χ2n) is 5.60. The van der Waals surface area contributed by atoms with Gasteiger partial charge in [0.2, 0.25) is 5.91 Å². The van der Waals surface area contributed by atoms with Crippen LogP contribution in [0.25, 0.3) is 0 Å². The first kappa shape index (κ1) is 11.2. The maximum Gasteiger partial charge on any atom is 0.411 e. The molecule has 0 radical (unpaired) electrons. The summed E-state index contributed by atoms with van der Waals surface area (Å²) < 4.78 is 5.28. The van der Waals surface area contributed by atoms with E-state index in [1.165, 1.54) is 4.90 Å². The van der Waals surface area contributed by atoms with Crippen LogP contribution >= 0.6 is 0 Å². The topological polar surface area (TPSA) is 72.6 Å². The highest BCUT2D eigenvalue weighted by molar-refractivity contribution is 5.85. The van der Waals surface area contributed by atoms with Gasteiger partial charge in [0.05, 0.1) is 0 Å². The second kappa shape index (κ2) is 3.37. The summed E-state index contributed by atoms with van der Waals surface area (Å²) >= 11 is 0. The van der Waals surface area contributed by atoms with Crippen molar-refractivity contribution >= 4 is 12.0 Å². The third-order valence-electron chi connectivity index (χ3n) is 3.04. The lowest BCUT2D eigenvalue weighted by Gasteiger charge is -2.28. The van der Waals surface area contributed by atoms with Gasteiger partial charge in [-0.05, 0) is 39.5 Å². The fourth-order valence-electron chi connectivity index (χ4n) is 2.29. The van der Waals surface area contributed by atoms with Crippen molar-refractivity contribution in [2.24, 2.45) is 11.7 Å². The molecule has 1 saturated carbocycles. The van der Waals surface area contributed by atoms with E-state index in [1.54, 1.807) is 0 Å². The van der Waals surface area contributed by atoms with E-state index in [2.05, 4.69) is 0 Å². The number of rotatable bonds is 1. The van der Waals surface area contributed by atoms with E-state index in [-0.39, 0.29) is 6.04 Å². The Bertz CT molecular complexity index is 335. The third kappa shape index (κ3) is 1.99. The van der Waals surface area contributed by atoms with Crippen LogP contribution in [0.15, 0.2) is 0 Å². The molecule has 1 aliphatic carbocycles. The number of likely N-dealkylation sites (tertiary alicyclic amines) is 1. The van der Waals surface area contributed by atoms with Crippen LogP contribution in [0.2, 0.25) is 0 Å². The summed E-state index contributed by atoms with van der Waals surface area (Å²) in [6, 6.07) is -0.300. The molecule has 2 amide bonds. The zero-order valence-corrected chi connectivity index (χ0v) is 9.90. The Hall–Kier alpha value is -1.26. The average Bonchev–Trinajstić information content (AvgIpc) is 2.73. The Morgan fingerprint density at radius 1 is 1.31 bits per heavy atom. The molecule has 1 heterocycles. The van der Waals surface area contributed by atoms with E-state index in [1.807, 2.05) is 20.8 Å². The Morgan fingerprint density at radius 2 is 1.94 bits per heavy atom. The summed E-state index contributed by atoms with van der Waals surface area (Å²) in [5, 5.41) is 0. The summed E-state index contributed by atoms with van der Waals surface area (Å²) in [6.45, 7) is 5.43. The highest BCUT2D eigenvalue weighted by Crippen LogP contribution is 2.48. The second-order valence-corrected chi connectivity index (χ2v) is 5.60. The van der Waals surface area contributed by atoms with Gasteiger partial charge in [-0.3, -0.25) is 9.69 Å². The van der Waals surface area contributed by atoms with Gasteiger partial charge in [0, 0.05) is 6.04 Å². The van der Waals surface area contributed by atoms with Crippen molar-refractivity contribution in [2.75, 3.05) is 0 Å². The smallest absolute Gasteiger partial charge is 0.411 e. The quantitative estimate of drug-likeness (QED) is 0.721. The number of nitrogens with two attached hydrogens (primary N) is 1. The number of carbonyl (C=O) groups is 2. The Labute approximate surface area is 94.9 Å². The van der Waals surface area contributed by atoms with Gasteiger partial charge in [-0.25, -0.2) is 4.79 Å². The molecule has 3 atom stereocenters. The van der Waals surface area contributed by atoms with Gasteiger partial charge in [-0.2, -0.15) is 0 Å². The molecule has 1 aliphatic heterocycles. The van der Waals surface area contributed by atoms with Gasteiger partial charge in [0.15, 0.2) is 0 Å². The van der Waals surface area contributed by atoms with E-state index < -0.39 is 23.6 Å². The number of ether oxygens (including phenoxy) is 1. The van der Waals surface area contributed by atoms with E-state index in [4.69, 9.17) is 10.5 Å². The van der Waals surface area contributed by atoms with Crippen LogP contribution in [0.3, 0.4) is 0 Å². The summed E-state index contributed by atoms with van der Waals surface area (Å²) in [4.78, 5) is 24.7. The van der Waals surface area contributed by atoms with Crippen molar-refractivity contribution in [1.82, 2.24) is 4.90 Å². The van der Waals surface area contributed by atoms with Crippen LogP contribution in [0.1, 0.15) is 33.6 Å². The van der Waals surface area contributed by atoms with E-state index in [9.17, 15) is 9.59 Å². The predicted molar refractivity (Wildman–Crippen MR) is 57.6 cm³/mol. The molecule has 5 nitrogen and oxygen atoms in total. The standard InChI is InChI=1S/C11H18N2O3/c1-11(2,3)16-10(15)13-7-4-6(7)5-8(13)9(12)14/h6-8H,4-5H2,1-3H3,(H2,12,14)/t6-,7+,8+/m1/s1. The van der Waals surface area contributed by atoms with Crippen LogP contribution in [-0.2, 0) is 9.53 Å². The highest BCUT2D eigenvalue weighted by Gasteiger charge is 2.56. The van der Waals surface area contributed by atoms with Crippen molar-refractivity contribution in [3.63, 3.8) is 0 Å². The Balaban J connectivity index is 2.07. The SMILES string of the molecule is CC(C)(C)OC(=O)N1[C@H](C(N)=O)C[C@H]2C[C@@H]21. The molecule has 2 fully saturated rings. The van der Waals surface area contributed by atoms with Crippen LogP contribution < -0.4 is 5.73 Å². The monoisotopic (exact) mass is 226 g/mol. The molecular formula is C11H18N2O3. The third-order valence-corrected chi connectivity index (χ3v) is 3.04. The normalized spacial score (nSPS) is 32.2. The predicted octanol–water partition coefficient (Wildman–Crippen LogP) is 0.870. The van der Waals surface area contributed by atoms with Gasteiger partial charge in [-0.1, -0.05) is 0 Å². The van der Waals surface area contributed by atoms with Crippen LogP contribution in [0.4, 0.5) is 4.79 Å². The first-order valence-corrected chi connectivity index (χ1v) is 5.60. The fourth-order valence-corrected chi connectivity index (χ4v) is 2.29. The lowest BCUT2D eigenvalue weighted by atomic mass is 10.1. The lowest BCUT2D eigenvalue weighted by molar-refractivity contribution is -0.122. The van der Waals surface area contributed by atoms with E-state index >= 15 is 0 Å². The number of hydrogen-bond acceptors (Lipinski definition) is 3. The van der Waals surface area contributed by atoms with Crippen LogP contribution in [-0.4, -0.2) is 34.6 Å². The molecule has 1 saturated heterocycles. The number of nitrogens with zero attached hydrogens (tertiary/aromatic N) is 1. The van der Waals surface area contributed by atoms with Gasteiger partial charge < -0.3 is 10.5 Å². The summed E-state index contributed by atoms with van der Waals surface area (Å²) in [5.41, 5.74) is 4.75. The number of fused-ring (bicyclic) bond motifs is 1. The number of hydrogen-bond donors (Lipinski definition) is 1. The molecule has 0 spiro atoms. The highest BCUT2D eigenvalue weighted by atomic mass is 16.6. The van der Waals surface area contributed by atoms with Crippen LogP contribution in [0, 0.1) is 5.92 Å². The summed E-state index contributed by atoms with van der Waals surface area (Å²) in [6.07, 6.45) is 1.25. The molecule has 2 rings (SSSR count). The molecule has 5 heteroatoms. The van der Waals surface area contributed by atoms with Crippen molar-refractivity contribution in [3.05, 3.63) is 0 Å².